The Morgan fingerprint density at radius 1 is 1.41 bits per heavy atom. The fraction of sp³-hybridized carbons (Fsp3) is 0.474. The van der Waals surface area contributed by atoms with Crippen molar-refractivity contribution >= 4 is 26.8 Å². The van der Waals surface area contributed by atoms with Crippen LogP contribution >= 0.6 is 0 Å². The molecule has 0 amide bonds. The highest BCUT2D eigenvalue weighted by Gasteiger charge is 2.36. The Hall–Kier alpha value is -1.88. The number of sulfone groups is 1. The minimum atomic E-state index is -3.66. The second-order valence-electron chi connectivity index (χ2n) is 7.19. The second-order valence-corrected chi connectivity index (χ2v) is 10.7. The summed E-state index contributed by atoms with van der Waals surface area (Å²) >= 11 is -1.68. The number of methoxy groups -OCH3 is 1. The largest absolute Gasteiger partial charge is 0.611 e. The zero-order valence-electron chi connectivity index (χ0n) is 16.8. The van der Waals surface area contributed by atoms with Gasteiger partial charge in [-0.05, 0) is 43.1 Å². The molecule has 8 nitrogen and oxygen atoms in total. The normalized spacial score (nSPS) is 15.5. The molecule has 0 bridgehead atoms. The maximum Gasteiger partial charge on any atom is 0.220 e. The van der Waals surface area contributed by atoms with Crippen LogP contribution in [0.25, 0.3) is 0 Å². The lowest BCUT2D eigenvalue weighted by Crippen LogP contribution is -2.19. The van der Waals surface area contributed by atoms with Crippen LogP contribution in [-0.4, -0.2) is 59.4 Å². The number of benzene rings is 1. The molecule has 158 valence electrons. The van der Waals surface area contributed by atoms with Crippen LogP contribution in [0, 0.1) is 6.92 Å². The summed E-state index contributed by atoms with van der Waals surface area (Å²) < 4.78 is 43.6. The van der Waals surface area contributed by atoms with Crippen LogP contribution in [0.4, 0.5) is 0 Å². The van der Waals surface area contributed by atoms with Crippen molar-refractivity contribution < 1.29 is 27.6 Å². The van der Waals surface area contributed by atoms with Gasteiger partial charge in [-0.25, -0.2) is 13.1 Å². The topological polar surface area (TPSA) is 122 Å². The summed E-state index contributed by atoms with van der Waals surface area (Å²) in [6.45, 7) is 1.76. The van der Waals surface area contributed by atoms with Crippen molar-refractivity contribution in [3.8, 4) is 5.88 Å². The van der Waals surface area contributed by atoms with E-state index in [9.17, 15) is 22.9 Å². The summed E-state index contributed by atoms with van der Waals surface area (Å²) in [5.74, 6) is -0.458. The van der Waals surface area contributed by atoms with Crippen LogP contribution in [0.3, 0.4) is 0 Å². The molecule has 1 saturated carbocycles. The number of carbonyl (C=O) groups is 1. The third-order valence-corrected chi connectivity index (χ3v) is 7.74. The summed E-state index contributed by atoms with van der Waals surface area (Å²) in [6, 6.07) is 2.72. The standard InChI is InChI=1S/C19H24N2O6S2/c1-11-13(17(22)15-16(12-5-6-12)20-21(2)19(15)23)7-8-14(29(4,25)26)18(11)28(24)10-9-27-3/h7-8,12,23H,5-6,9-10H2,1-4H3. The molecular weight excluding hydrogens is 416 g/mol. The van der Waals surface area contributed by atoms with Crippen LogP contribution in [0.1, 0.15) is 45.9 Å². The van der Waals surface area contributed by atoms with Crippen LogP contribution in [-0.2, 0) is 32.8 Å². The van der Waals surface area contributed by atoms with E-state index in [1.165, 1.54) is 23.9 Å². The lowest BCUT2D eigenvalue weighted by Gasteiger charge is -2.17. The molecule has 1 aliphatic carbocycles. The number of ether oxygens (including phenoxy) is 1. The van der Waals surface area contributed by atoms with Gasteiger partial charge in [-0.2, -0.15) is 5.10 Å². The molecule has 3 rings (SSSR count). The number of aryl methyl sites for hydroxylation is 1. The van der Waals surface area contributed by atoms with Gasteiger partial charge in [0.25, 0.3) is 0 Å². The van der Waals surface area contributed by atoms with E-state index in [0.29, 0.717) is 11.3 Å². The second kappa shape index (κ2) is 8.10. The van der Waals surface area contributed by atoms with E-state index in [0.717, 1.165) is 19.1 Å². The molecule has 0 radical (unpaired) electrons. The van der Waals surface area contributed by atoms with E-state index in [4.69, 9.17) is 4.74 Å². The Labute approximate surface area is 173 Å². The van der Waals surface area contributed by atoms with Gasteiger partial charge in [0.05, 0.1) is 12.3 Å². The summed E-state index contributed by atoms with van der Waals surface area (Å²) in [5, 5.41) is 14.7. The molecular formula is C19H24N2O6S2. The quantitative estimate of drug-likeness (QED) is 0.490. The van der Waals surface area contributed by atoms with Gasteiger partial charge in [-0.15, -0.1) is 0 Å². The van der Waals surface area contributed by atoms with Gasteiger partial charge in [-0.1, -0.05) is 0 Å². The van der Waals surface area contributed by atoms with Crippen LogP contribution < -0.4 is 0 Å². The van der Waals surface area contributed by atoms with Gasteiger partial charge in [0.1, 0.15) is 16.2 Å². The van der Waals surface area contributed by atoms with Crippen molar-refractivity contribution in [1.29, 1.82) is 0 Å². The van der Waals surface area contributed by atoms with Gasteiger partial charge in [0.15, 0.2) is 14.7 Å². The Kier molecular flexibility index (Phi) is 6.09. The van der Waals surface area contributed by atoms with E-state index in [1.807, 2.05) is 0 Å². The Morgan fingerprint density at radius 3 is 2.62 bits per heavy atom. The van der Waals surface area contributed by atoms with Crippen LogP contribution in [0.2, 0.25) is 0 Å². The van der Waals surface area contributed by atoms with Gasteiger partial charge in [0, 0.05) is 37.5 Å². The Balaban J connectivity index is 2.15. The van der Waals surface area contributed by atoms with Crippen molar-refractivity contribution in [2.45, 2.75) is 35.5 Å². The maximum atomic E-state index is 13.3. The predicted molar refractivity (Wildman–Crippen MR) is 108 cm³/mol. The van der Waals surface area contributed by atoms with E-state index in [-0.39, 0.29) is 45.1 Å². The molecule has 1 aromatic heterocycles. The number of carbonyl (C=O) groups excluding carboxylic acids is 1. The van der Waals surface area contributed by atoms with Crippen LogP contribution in [0.5, 0.6) is 5.88 Å². The molecule has 0 aliphatic heterocycles. The average Bonchev–Trinajstić information content (AvgIpc) is 3.44. The lowest BCUT2D eigenvalue weighted by molar-refractivity contribution is 0.103. The average molecular weight is 441 g/mol. The van der Waals surface area contributed by atoms with E-state index in [1.54, 1.807) is 14.0 Å². The fourth-order valence-corrected chi connectivity index (χ4v) is 6.08. The number of aromatic nitrogens is 2. The zero-order valence-corrected chi connectivity index (χ0v) is 18.4. The van der Waals surface area contributed by atoms with Crippen molar-refractivity contribution in [3.63, 3.8) is 0 Å². The first-order chi connectivity index (χ1) is 13.6. The van der Waals surface area contributed by atoms with Gasteiger partial charge < -0.3 is 14.4 Å². The minimum absolute atomic E-state index is 0.0705. The highest BCUT2D eigenvalue weighted by molar-refractivity contribution is 7.94. The molecule has 2 aromatic rings. The van der Waals surface area contributed by atoms with Crippen molar-refractivity contribution in [2.75, 3.05) is 25.7 Å². The van der Waals surface area contributed by atoms with E-state index >= 15 is 0 Å². The first kappa shape index (κ1) is 21.8. The third kappa shape index (κ3) is 4.20. The van der Waals surface area contributed by atoms with Gasteiger partial charge in [0.2, 0.25) is 11.7 Å². The van der Waals surface area contributed by atoms with Crippen molar-refractivity contribution in [1.82, 2.24) is 9.78 Å². The number of nitrogens with zero attached hydrogens (tertiary/aromatic N) is 2. The van der Waals surface area contributed by atoms with Crippen molar-refractivity contribution in [2.24, 2.45) is 7.05 Å². The maximum absolute atomic E-state index is 13.3. The smallest absolute Gasteiger partial charge is 0.220 e. The molecule has 1 N–H and O–H groups in total. The Bertz CT molecular complexity index is 1060. The molecule has 0 saturated heterocycles. The monoisotopic (exact) mass is 440 g/mol. The molecule has 29 heavy (non-hydrogen) atoms. The first-order valence-electron chi connectivity index (χ1n) is 9.09. The van der Waals surface area contributed by atoms with Gasteiger partial charge >= 0.3 is 0 Å². The summed E-state index contributed by atoms with van der Waals surface area (Å²) in [7, 11) is -0.637. The van der Waals surface area contributed by atoms with Crippen molar-refractivity contribution in [3.05, 3.63) is 34.5 Å². The number of hydrogen-bond acceptors (Lipinski definition) is 7. The summed E-state index contributed by atoms with van der Waals surface area (Å²) in [5.41, 5.74) is 1.18. The molecule has 1 fully saturated rings. The summed E-state index contributed by atoms with van der Waals surface area (Å²) in [4.78, 5) is 13.4. The molecule has 1 aromatic carbocycles. The Morgan fingerprint density at radius 2 is 2.07 bits per heavy atom. The predicted octanol–water partition coefficient (Wildman–Crippen LogP) is 1.70. The van der Waals surface area contributed by atoms with Gasteiger partial charge in [-0.3, -0.25) is 4.79 Å². The number of ketones is 1. The SMILES string of the molecule is COCC[S+]([O-])c1c(S(C)(=O)=O)ccc(C(=O)c2c(C3CC3)nn(C)c2O)c1C. The highest BCUT2D eigenvalue weighted by atomic mass is 32.2. The third-order valence-electron chi connectivity index (χ3n) is 4.95. The molecule has 1 aliphatic rings. The summed E-state index contributed by atoms with van der Waals surface area (Å²) in [6.07, 6.45) is 2.84. The fourth-order valence-electron chi connectivity index (χ4n) is 3.28. The highest BCUT2D eigenvalue weighted by Crippen LogP contribution is 2.44. The number of rotatable bonds is 8. The van der Waals surface area contributed by atoms with E-state index < -0.39 is 26.8 Å². The molecule has 1 heterocycles. The van der Waals surface area contributed by atoms with E-state index in [2.05, 4.69) is 5.10 Å². The molecule has 1 unspecified atom stereocenters. The zero-order chi connectivity index (χ0) is 21.5. The minimum Gasteiger partial charge on any atom is -0.611 e. The molecule has 0 spiro atoms. The molecule has 1 atom stereocenters. The first-order valence-corrected chi connectivity index (χ1v) is 12.3. The van der Waals surface area contributed by atoms with Crippen LogP contribution in [0.15, 0.2) is 21.9 Å². The lowest BCUT2D eigenvalue weighted by atomic mass is 9.98. The molecule has 10 heteroatoms. The number of hydrogen-bond donors (Lipinski definition) is 1. The number of aromatic hydroxyl groups is 1.